The molecule has 0 aromatic heterocycles. The molecule has 3 aromatic carbocycles. The van der Waals surface area contributed by atoms with Crippen LogP contribution in [0.15, 0.2) is 60.7 Å². The number of aliphatic hydroxyl groups excluding tert-OH is 1. The molecule has 0 fully saturated rings. The van der Waals surface area contributed by atoms with Gasteiger partial charge in [0.2, 0.25) is 0 Å². The van der Waals surface area contributed by atoms with Crippen LogP contribution in [-0.4, -0.2) is 39.5 Å². The van der Waals surface area contributed by atoms with Crippen LogP contribution in [-0.2, 0) is 4.74 Å². The molecular formula is C25H25ClO7. The summed E-state index contributed by atoms with van der Waals surface area (Å²) < 4.78 is 27.2. The summed E-state index contributed by atoms with van der Waals surface area (Å²) in [4.78, 5) is 12.9. The third-order valence-electron chi connectivity index (χ3n) is 5.08. The second-order valence-corrected chi connectivity index (χ2v) is 7.44. The predicted molar refractivity (Wildman–Crippen MR) is 124 cm³/mol. The van der Waals surface area contributed by atoms with Crippen LogP contribution in [0.25, 0.3) is 0 Å². The van der Waals surface area contributed by atoms with Crippen LogP contribution in [0.4, 0.5) is 0 Å². The van der Waals surface area contributed by atoms with Crippen LogP contribution in [0, 0.1) is 0 Å². The van der Waals surface area contributed by atoms with Crippen LogP contribution >= 0.6 is 11.6 Å². The van der Waals surface area contributed by atoms with E-state index in [2.05, 4.69) is 0 Å². The largest absolute Gasteiger partial charge is 0.497 e. The average molecular weight is 473 g/mol. The lowest BCUT2D eigenvalue weighted by molar-refractivity contribution is -0.0216. The SMILES string of the molecule is COc1ccc(C(OC(=O)c2cccc(Cl)c2)C(O)c2cc(OC)c(OC)cc2OC)cc1. The Morgan fingerprint density at radius 2 is 1.45 bits per heavy atom. The van der Waals surface area contributed by atoms with E-state index in [1.165, 1.54) is 27.4 Å². The molecule has 0 aliphatic carbocycles. The van der Waals surface area contributed by atoms with Gasteiger partial charge >= 0.3 is 5.97 Å². The van der Waals surface area contributed by atoms with Crippen molar-refractivity contribution in [2.24, 2.45) is 0 Å². The van der Waals surface area contributed by atoms with Crippen molar-refractivity contribution in [1.82, 2.24) is 0 Å². The quantitative estimate of drug-likeness (QED) is 0.438. The van der Waals surface area contributed by atoms with Crippen molar-refractivity contribution >= 4 is 17.6 Å². The summed E-state index contributed by atoms with van der Waals surface area (Å²) in [5, 5.41) is 11.8. The summed E-state index contributed by atoms with van der Waals surface area (Å²) in [5.74, 6) is 1.15. The van der Waals surface area contributed by atoms with E-state index >= 15 is 0 Å². The standard InChI is InChI=1S/C25H25ClO7/c1-29-18-10-8-15(9-11-18)24(33-25(28)16-6-5-7-17(26)12-16)23(27)19-13-21(31-3)22(32-4)14-20(19)30-2/h5-14,23-24,27H,1-4H3. The van der Waals surface area contributed by atoms with Gasteiger partial charge in [-0.3, -0.25) is 0 Å². The molecule has 0 saturated carbocycles. The first kappa shape index (κ1) is 24.2. The lowest BCUT2D eigenvalue weighted by atomic mass is 9.96. The molecule has 0 amide bonds. The summed E-state index contributed by atoms with van der Waals surface area (Å²) in [6.45, 7) is 0. The zero-order valence-electron chi connectivity index (χ0n) is 18.7. The van der Waals surface area contributed by atoms with Crippen LogP contribution in [0.3, 0.4) is 0 Å². The average Bonchev–Trinajstić information content (AvgIpc) is 2.85. The highest BCUT2D eigenvalue weighted by atomic mass is 35.5. The van der Waals surface area contributed by atoms with Crippen molar-refractivity contribution in [3.05, 3.63) is 82.4 Å². The lowest BCUT2D eigenvalue weighted by Gasteiger charge is -2.26. The van der Waals surface area contributed by atoms with Crippen molar-refractivity contribution in [1.29, 1.82) is 0 Å². The van der Waals surface area contributed by atoms with Crippen LogP contribution in [0.5, 0.6) is 23.0 Å². The molecular weight excluding hydrogens is 448 g/mol. The summed E-state index contributed by atoms with van der Waals surface area (Å²) in [6.07, 6.45) is -2.37. The highest BCUT2D eigenvalue weighted by Gasteiger charge is 2.31. The second kappa shape index (κ2) is 10.9. The van der Waals surface area contributed by atoms with Crippen molar-refractivity contribution in [2.75, 3.05) is 28.4 Å². The highest BCUT2D eigenvalue weighted by Crippen LogP contribution is 2.42. The number of hydrogen-bond donors (Lipinski definition) is 1. The Morgan fingerprint density at radius 3 is 2.03 bits per heavy atom. The van der Waals surface area contributed by atoms with Gasteiger partial charge < -0.3 is 28.8 Å². The highest BCUT2D eigenvalue weighted by molar-refractivity contribution is 6.30. The number of rotatable bonds is 9. The Labute approximate surface area is 197 Å². The van der Waals surface area contributed by atoms with Crippen molar-refractivity contribution < 1.29 is 33.6 Å². The van der Waals surface area contributed by atoms with Gasteiger partial charge in [0.25, 0.3) is 0 Å². The fourth-order valence-corrected chi connectivity index (χ4v) is 3.54. The van der Waals surface area contributed by atoms with Crippen molar-refractivity contribution in [3.8, 4) is 23.0 Å². The first-order chi connectivity index (χ1) is 15.9. The van der Waals surface area contributed by atoms with E-state index in [9.17, 15) is 9.90 Å². The van der Waals surface area contributed by atoms with Gasteiger partial charge in [0.05, 0.1) is 34.0 Å². The topological polar surface area (TPSA) is 83.5 Å². The normalized spacial score (nSPS) is 12.4. The zero-order valence-corrected chi connectivity index (χ0v) is 19.5. The summed E-state index contributed by atoms with van der Waals surface area (Å²) in [7, 11) is 6.01. The molecule has 8 heteroatoms. The Kier molecular flexibility index (Phi) is 8.03. The predicted octanol–water partition coefficient (Wildman–Crippen LogP) is 5.01. The van der Waals surface area contributed by atoms with Gasteiger partial charge in [0, 0.05) is 16.7 Å². The monoisotopic (exact) mass is 472 g/mol. The van der Waals surface area contributed by atoms with Gasteiger partial charge in [0.15, 0.2) is 17.6 Å². The van der Waals surface area contributed by atoms with E-state index in [0.717, 1.165) is 0 Å². The van der Waals surface area contributed by atoms with Gasteiger partial charge in [-0.05, 0) is 42.0 Å². The van der Waals surface area contributed by atoms with Gasteiger partial charge in [-0.2, -0.15) is 0 Å². The Morgan fingerprint density at radius 1 is 0.818 bits per heavy atom. The molecule has 3 aromatic rings. The minimum Gasteiger partial charge on any atom is -0.497 e. The minimum atomic E-state index is -1.30. The van der Waals surface area contributed by atoms with E-state index in [4.69, 9.17) is 35.3 Å². The van der Waals surface area contributed by atoms with E-state index in [0.29, 0.717) is 39.1 Å². The molecule has 174 valence electrons. The molecule has 0 saturated heterocycles. The molecule has 3 rings (SSSR count). The van der Waals surface area contributed by atoms with Crippen LogP contribution in [0.2, 0.25) is 5.02 Å². The summed E-state index contributed by atoms with van der Waals surface area (Å²) in [6, 6.07) is 16.4. The number of benzene rings is 3. The van der Waals surface area contributed by atoms with Crippen molar-refractivity contribution in [2.45, 2.75) is 12.2 Å². The number of ether oxygens (including phenoxy) is 5. The molecule has 0 radical (unpaired) electrons. The maximum atomic E-state index is 12.9. The molecule has 0 heterocycles. The minimum absolute atomic E-state index is 0.257. The maximum absolute atomic E-state index is 12.9. The van der Waals surface area contributed by atoms with Crippen molar-refractivity contribution in [3.63, 3.8) is 0 Å². The molecule has 0 aliphatic heterocycles. The van der Waals surface area contributed by atoms with E-state index < -0.39 is 18.2 Å². The molecule has 0 bridgehead atoms. The number of methoxy groups -OCH3 is 4. The number of carbonyl (C=O) groups is 1. The van der Waals surface area contributed by atoms with Crippen LogP contribution in [0.1, 0.15) is 33.7 Å². The number of hydrogen-bond acceptors (Lipinski definition) is 7. The van der Waals surface area contributed by atoms with Crippen LogP contribution < -0.4 is 18.9 Å². The van der Waals surface area contributed by atoms with Gasteiger partial charge in [-0.1, -0.05) is 29.8 Å². The van der Waals surface area contributed by atoms with E-state index in [-0.39, 0.29) is 5.56 Å². The number of esters is 1. The molecule has 33 heavy (non-hydrogen) atoms. The molecule has 0 spiro atoms. The van der Waals surface area contributed by atoms with Gasteiger partial charge in [-0.15, -0.1) is 0 Å². The number of halogens is 1. The van der Waals surface area contributed by atoms with Gasteiger partial charge in [0.1, 0.15) is 17.6 Å². The first-order valence-corrected chi connectivity index (χ1v) is 10.4. The Hall–Kier alpha value is -3.42. The molecule has 7 nitrogen and oxygen atoms in total. The molecule has 2 atom stereocenters. The molecule has 1 N–H and O–H groups in total. The summed E-state index contributed by atoms with van der Waals surface area (Å²) in [5.41, 5.74) is 1.16. The summed E-state index contributed by atoms with van der Waals surface area (Å²) >= 11 is 6.02. The fourth-order valence-electron chi connectivity index (χ4n) is 3.35. The smallest absolute Gasteiger partial charge is 0.338 e. The first-order valence-electron chi connectivity index (χ1n) is 10.00. The zero-order chi connectivity index (χ0) is 24.0. The van der Waals surface area contributed by atoms with Gasteiger partial charge in [-0.25, -0.2) is 4.79 Å². The third kappa shape index (κ3) is 5.50. The number of aliphatic hydroxyl groups is 1. The fraction of sp³-hybridized carbons (Fsp3) is 0.240. The molecule has 2 unspecified atom stereocenters. The second-order valence-electron chi connectivity index (χ2n) is 7.00. The van der Waals surface area contributed by atoms with E-state index in [1.807, 2.05) is 0 Å². The van der Waals surface area contributed by atoms with E-state index in [1.54, 1.807) is 61.7 Å². The maximum Gasteiger partial charge on any atom is 0.338 e. The number of carbonyl (C=O) groups excluding carboxylic acids is 1. The lowest BCUT2D eigenvalue weighted by Crippen LogP contribution is -2.19. The third-order valence-corrected chi connectivity index (χ3v) is 5.32. The Bertz CT molecular complexity index is 1100. The molecule has 0 aliphatic rings. The Balaban J connectivity index is 2.05.